The van der Waals surface area contributed by atoms with E-state index in [4.69, 9.17) is 0 Å². The predicted molar refractivity (Wildman–Crippen MR) is 65.3 cm³/mol. The maximum atomic E-state index is 12.1. The van der Waals surface area contributed by atoms with Gasteiger partial charge < -0.3 is 10.6 Å². The zero-order valence-electron chi connectivity index (χ0n) is 10.4. The van der Waals surface area contributed by atoms with Crippen LogP contribution in [0.1, 0.15) is 38.3 Å². The Hall–Kier alpha value is -1.36. The number of aromatic amines is 1. The van der Waals surface area contributed by atoms with Crippen molar-refractivity contribution < 1.29 is 4.79 Å². The van der Waals surface area contributed by atoms with Crippen molar-refractivity contribution in [2.45, 2.75) is 38.8 Å². The van der Waals surface area contributed by atoms with Crippen LogP contribution in [0.15, 0.2) is 12.4 Å². The molecule has 0 aliphatic carbocycles. The number of rotatable bonds is 3. The van der Waals surface area contributed by atoms with Gasteiger partial charge in [0.05, 0.1) is 12.2 Å². The molecule has 94 valence electrons. The second kappa shape index (κ2) is 5.31. The quantitative estimate of drug-likeness (QED) is 0.732. The normalized spacial score (nSPS) is 26.5. The Morgan fingerprint density at radius 1 is 1.65 bits per heavy atom. The van der Waals surface area contributed by atoms with Gasteiger partial charge in [0, 0.05) is 23.7 Å². The number of hydrogen-bond donors (Lipinski definition) is 3. The minimum Gasteiger partial charge on any atom is -0.349 e. The van der Waals surface area contributed by atoms with Crippen molar-refractivity contribution in [2.75, 3.05) is 6.54 Å². The third kappa shape index (κ3) is 3.06. The van der Waals surface area contributed by atoms with Gasteiger partial charge in [0.2, 0.25) is 5.91 Å². The number of hydrogen-bond acceptors (Lipinski definition) is 3. The molecular formula is C12H20N4O. The van der Waals surface area contributed by atoms with Crippen molar-refractivity contribution >= 4 is 5.91 Å². The standard InChI is InChI=1S/C12H20N4O/c1-8-5-10(3-4-13-8)12(17)16-9(2)11-6-14-15-7-11/h6-10,13H,3-5H2,1-2H3,(H,14,15)(H,16,17). The van der Waals surface area contributed by atoms with Crippen molar-refractivity contribution in [3.05, 3.63) is 18.0 Å². The molecule has 0 spiro atoms. The molecular weight excluding hydrogens is 216 g/mol. The van der Waals surface area contributed by atoms with Gasteiger partial charge in [0.25, 0.3) is 0 Å². The summed E-state index contributed by atoms with van der Waals surface area (Å²) in [5, 5.41) is 13.0. The number of nitrogens with one attached hydrogen (secondary N) is 3. The fraction of sp³-hybridized carbons (Fsp3) is 0.667. The molecule has 1 aliphatic heterocycles. The Morgan fingerprint density at radius 2 is 2.47 bits per heavy atom. The van der Waals surface area contributed by atoms with Gasteiger partial charge in [0.15, 0.2) is 0 Å². The highest BCUT2D eigenvalue weighted by atomic mass is 16.1. The van der Waals surface area contributed by atoms with Crippen LogP contribution in [0.5, 0.6) is 0 Å². The first-order chi connectivity index (χ1) is 8.16. The summed E-state index contributed by atoms with van der Waals surface area (Å²) in [6, 6.07) is 0.454. The molecule has 1 saturated heterocycles. The molecule has 5 nitrogen and oxygen atoms in total. The van der Waals surface area contributed by atoms with Crippen LogP contribution in [0.25, 0.3) is 0 Å². The van der Waals surface area contributed by atoms with E-state index in [1.54, 1.807) is 6.20 Å². The van der Waals surface area contributed by atoms with Crippen molar-refractivity contribution in [3.63, 3.8) is 0 Å². The molecule has 1 aliphatic rings. The number of nitrogens with zero attached hydrogens (tertiary/aromatic N) is 1. The smallest absolute Gasteiger partial charge is 0.223 e. The third-order valence-electron chi connectivity index (χ3n) is 3.37. The second-order valence-corrected chi connectivity index (χ2v) is 4.84. The lowest BCUT2D eigenvalue weighted by Gasteiger charge is -2.28. The van der Waals surface area contributed by atoms with E-state index in [-0.39, 0.29) is 17.9 Å². The molecule has 1 amide bonds. The van der Waals surface area contributed by atoms with Gasteiger partial charge in [-0.3, -0.25) is 9.89 Å². The molecule has 0 aromatic carbocycles. The van der Waals surface area contributed by atoms with Crippen LogP contribution < -0.4 is 10.6 Å². The molecule has 17 heavy (non-hydrogen) atoms. The van der Waals surface area contributed by atoms with Gasteiger partial charge in [-0.1, -0.05) is 0 Å². The Balaban J connectivity index is 1.88. The molecule has 2 heterocycles. The van der Waals surface area contributed by atoms with Crippen molar-refractivity contribution in [3.8, 4) is 0 Å². The lowest BCUT2D eigenvalue weighted by atomic mass is 9.92. The van der Waals surface area contributed by atoms with Crippen LogP contribution in [0, 0.1) is 5.92 Å². The largest absolute Gasteiger partial charge is 0.349 e. The van der Waals surface area contributed by atoms with E-state index in [0.29, 0.717) is 6.04 Å². The van der Waals surface area contributed by atoms with Gasteiger partial charge in [-0.2, -0.15) is 5.10 Å². The molecule has 0 bridgehead atoms. The highest BCUT2D eigenvalue weighted by Gasteiger charge is 2.25. The van der Waals surface area contributed by atoms with E-state index in [1.807, 2.05) is 13.1 Å². The maximum Gasteiger partial charge on any atom is 0.223 e. The molecule has 0 saturated carbocycles. The topological polar surface area (TPSA) is 69.8 Å². The Bertz CT molecular complexity index is 363. The Morgan fingerprint density at radius 3 is 3.12 bits per heavy atom. The Kier molecular flexibility index (Phi) is 3.78. The molecule has 1 fully saturated rings. The third-order valence-corrected chi connectivity index (χ3v) is 3.37. The summed E-state index contributed by atoms with van der Waals surface area (Å²) in [5.41, 5.74) is 1.01. The molecule has 1 aromatic rings. The molecule has 5 heteroatoms. The van der Waals surface area contributed by atoms with E-state index in [1.165, 1.54) is 0 Å². The number of amides is 1. The van der Waals surface area contributed by atoms with Crippen molar-refractivity contribution in [1.29, 1.82) is 0 Å². The highest BCUT2D eigenvalue weighted by Crippen LogP contribution is 2.18. The Labute approximate surface area is 101 Å². The molecule has 3 unspecified atom stereocenters. The molecule has 0 radical (unpaired) electrons. The fourth-order valence-electron chi connectivity index (χ4n) is 2.28. The van der Waals surface area contributed by atoms with Gasteiger partial charge in [-0.05, 0) is 33.2 Å². The maximum absolute atomic E-state index is 12.1. The second-order valence-electron chi connectivity index (χ2n) is 4.84. The van der Waals surface area contributed by atoms with Gasteiger partial charge in [-0.15, -0.1) is 0 Å². The lowest BCUT2D eigenvalue weighted by molar-refractivity contribution is -0.126. The van der Waals surface area contributed by atoms with E-state index in [9.17, 15) is 4.79 Å². The number of aromatic nitrogens is 2. The van der Waals surface area contributed by atoms with Gasteiger partial charge in [0.1, 0.15) is 0 Å². The van der Waals surface area contributed by atoms with Gasteiger partial charge >= 0.3 is 0 Å². The summed E-state index contributed by atoms with van der Waals surface area (Å²) >= 11 is 0. The van der Waals surface area contributed by atoms with E-state index >= 15 is 0 Å². The number of H-pyrrole nitrogens is 1. The van der Waals surface area contributed by atoms with Crippen LogP contribution in [0.4, 0.5) is 0 Å². The number of carbonyl (C=O) groups excluding carboxylic acids is 1. The SMILES string of the molecule is CC1CC(C(=O)NC(C)c2cn[nH]c2)CCN1. The summed E-state index contributed by atoms with van der Waals surface area (Å²) in [6.07, 6.45) is 5.41. The van der Waals surface area contributed by atoms with E-state index < -0.39 is 0 Å². The van der Waals surface area contributed by atoms with E-state index in [2.05, 4.69) is 27.8 Å². The van der Waals surface area contributed by atoms with Crippen LogP contribution in [0.2, 0.25) is 0 Å². The monoisotopic (exact) mass is 236 g/mol. The molecule has 1 aromatic heterocycles. The molecule has 3 N–H and O–H groups in total. The molecule has 3 atom stereocenters. The minimum atomic E-state index is 0.0199. The first-order valence-electron chi connectivity index (χ1n) is 6.19. The summed E-state index contributed by atoms with van der Waals surface area (Å²) in [6.45, 7) is 5.03. The van der Waals surface area contributed by atoms with Crippen molar-refractivity contribution in [1.82, 2.24) is 20.8 Å². The van der Waals surface area contributed by atoms with Crippen LogP contribution in [-0.4, -0.2) is 28.7 Å². The van der Waals surface area contributed by atoms with Gasteiger partial charge in [-0.25, -0.2) is 0 Å². The summed E-state index contributed by atoms with van der Waals surface area (Å²) in [7, 11) is 0. The van der Waals surface area contributed by atoms with Crippen LogP contribution >= 0.6 is 0 Å². The first-order valence-corrected chi connectivity index (χ1v) is 6.19. The average Bonchev–Trinajstić information content (AvgIpc) is 2.82. The summed E-state index contributed by atoms with van der Waals surface area (Å²) < 4.78 is 0. The predicted octanol–water partition coefficient (Wildman–Crippen LogP) is 0.975. The summed E-state index contributed by atoms with van der Waals surface area (Å²) in [4.78, 5) is 12.1. The summed E-state index contributed by atoms with van der Waals surface area (Å²) in [5.74, 6) is 0.299. The number of piperidine rings is 1. The van der Waals surface area contributed by atoms with E-state index in [0.717, 1.165) is 24.9 Å². The lowest BCUT2D eigenvalue weighted by Crippen LogP contribution is -2.42. The minimum absolute atomic E-state index is 0.0199. The van der Waals surface area contributed by atoms with Crippen LogP contribution in [0.3, 0.4) is 0 Å². The average molecular weight is 236 g/mol. The molecule has 2 rings (SSSR count). The van der Waals surface area contributed by atoms with Crippen molar-refractivity contribution in [2.24, 2.45) is 5.92 Å². The van der Waals surface area contributed by atoms with Crippen LogP contribution in [-0.2, 0) is 4.79 Å². The number of carbonyl (C=O) groups is 1. The first kappa shape index (κ1) is 12.1. The highest BCUT2D eigenvalue weighted by molar-refractivity contribution is 5.79. The zero-order valence-corrected chi connectivity index (χ0v) is 10.4. The fourth-order valence-corrected chi connectivity index (χ4v) is 2.28. The zero-order chi connectivity index (χ0) is 12.3.